The van der Waals surface area contributed by atoms with Gasteiger partial charge in [0, 0.05) is 13.0 Å². The van der Waals surface area contributed by atoms with E-state index < -0.39 is 0 Å². The summed E-state index contributed by atoms with van der Waals surface area (Å²) in [7, 11) is 0. The van der Waals surface area contributed by atoms with Crippen LogP contribution < -0.4 is 0 Å². The minimum absolute atomic E-state index is 0.0860. The minimum atomic E-state index is 0.0860. The van der Waals surface area contributed by atoms with E-state index in [1.54, 1.807) is 0 Å². The van der Waals surface area contributed by atoms with Crippen molar-refractivity contribution in [2.45, 2.75) is 44.8 Å². The zero-order chi connectivity index (χ0) is 8.93. The molecule has 1 aliphatic carbocycles. The van der Waals surface area contributed by atoms with E-state index in [0.29, 0.717) is 0 Å². The van der Waals surface area contributed by atoms with Crippen molar-refractivity contribution in [2.75, 3.05) is 13.2 Å². The van der Waals surface area contributed by atoms with Gasteiger partial charge in [-0.15, -0.1) is 0 Å². The standard InChI is InChI=1S/C11H18O2/c1-2-5-10(6-3-1)9-13-11-7-4-8-12-11/h5,11H,1-4,6-9H2/t11-/m0/s1. The van der Waals surface area contributed by atoms with Gasteiger partial charge in [0.25, 0.3) is 0 Å². The van der Waals surface area contributed by atoms with Gasteiger partial charge in [0.1, 0.15) is 0 Å². The summed E-state index contributed by atoms with van der Waals surface area (Å²) >= 11 is 0. The highest BCUT2D eigenvalue weighted by atomic mass is 16.7. The molecule has 2 rings (SSSR count). The number of allylic oxidation sites excluding steroid dienone is 1. The van der Waals surface area contributed by atoms with Crippen molar-refractivity contribution in [3.63, 3.8) is 0 Å². The van der Waals surface area contributed by atoms with Gasteiger partial charge in [-0.25, -0.2) is 0 Å². The second kappa shape index (κ2) is 4.77. The molecular formula is C11H18O2. The lowest BCUT2D eigenvalue weighted by Crippen LogP contribution is -2.13. The number of ether oxygens (including phenoxy) is 2. The molecule has 0 aromatic carbocycles. The first-order valence-electron chi connectivity index (χ1n) is 5.36. The van der Waals surface area contributed by atoms with E-state index >= 15 is 0 Å². The molecule has 74 valence electrons. The molecule has 2 heteroatoms. The third-order valence-electron chi connectivity index (χ3n) is 2.73. The Morgan fingerprint density at radius 1 is 1.38 bits per heavy atom. The van der Waals surface area contributed by atoms with Crippen molar-refractivity contribution >= 4 is 0 Å². The Morgan fingerprint density at radius 2 is 2.38 bits per heavy atom. The maximum Gasteiger partial charge on any atom is 0.158 e. The van der Waals surface area contributed by atoms with Crippen LogP contribution in [0.15, 0.2) is 11.6 Å². The summed E-state index contributed by atoms with van der Waals surface area (Å²) in [6.45, 7) is 1.67. The van der Waals surface area contributed by atoms with Crippen molar-refractivity contribution in [3.8, 4) is 0 Å². The van der Waals surface area contributed by atoms with E-state index in [0.717, 1.165) is 26.1 Å². The Labute approximate surface area is 79.9 Å². The largest absolute Gasteiger partial charge is 0.353 e. The summed E-state index contributed by atoms with van der Waals surface area (Å²) in [5.74, 6) is 0. The molecule has 0 radical (unpaired) electrons. The second-order valence-corrected chi connectivity index (χ2v) is 3.86. The van der Waals surface area contributed by atoms with Gasteiger partial charge in [-0.2, -0.15) is 0 Å². The first-order valence-corrected chi connectivity index (χ1v) is 5.36. The predicted molar refractivity (Wildman–Crippen MR) is 51.5 cm³/mol. The van der Waals surface area contributed by atoms with Gasteiger partial charge in [-0.05, 0) is 37.7 Å². The molecule has 0 spiro atoms. The zero-order valence-corrected chi connectivity index (χ0v) is 8.13. The maximum absolute atomic E-state index is 5.65. The molecule has 0 saturated carbocycles. The summed E-state index contributed by atoms with van der Waals surface area (Å²) < 4.78 is 11.0. The monoisotopic (exact) mass is 182 g/mol. The highest BCUT2D eigenvalue weighted by molar-refractivity contribution is 5.05. The first kappa shape index (κ1) is 9.22. The molecule has 0 bridgehead atoms. The van der Waals surface area contributed by atoms with Gasteiger partial charge in [-0.3, -0.25) is 0 Å². The topological polar surface area (TPSA) is 18.5 Å². The quantitative estimate of drug-likeness (QED) is 0.625. The molecule has 0 amide bonds. The summed E-state index contributed by atoms with van der Waals surface area (Å²) in [5.41, 5.74) is 1.47. The van der Waals surface area contributed by atoms with Crippen molar-refractivity contribution < 1.29 is 9.47 Å². The van der Waals surface area contributed by atoms with Crippen molar-refractivity contribution in [2.24, 2.45) is 0 Å². The normalized spacial score (nSPS) is 28.9. The average Bonchev–Trinajstić information content (AvgIpc) is 2.69. The van der Waals surface area contributed by atoms with Gasteiger partial charge < -0.3 is 9.47 Å². The van der Waals surface area contributed by atoms with Gasteiger partial charge in [0.2, 0.25) is 0 Å². The molecule has 2 aliphatic rings. The summed E-state index contributed by atoms with van der Waals surface area (Å²) in [4.78, 5) is 0. The molecule has 0 N–H and O–H groups in total. The van der Waals surface area contributed by atoms with Crippen LogP contribution in [0, 0.1) is 0 Å². The first-order chi connectivity index (χ1) is 6.45. The van der Waals surface area contributed by atoms with E-state index in [9.17, 15) is 0 Å². The third-order valence-corrected chi connectivity index (χ3v) is 2.73. The number of hydrogen-bond acceptors (Lipinski definition) is 2. The van der Waals surface area contributed by atoms with Gasteiger partial charge in [0.15, 0.2) is 6.29 Å². The lowest BCUT2D eigenvalue weighted by Gasteiger charge is -2.15. The molecule has 1 heterocycles. The smallest absolute Gasteiger partial charge is 0.158 e. The Hall–Kier alpha value is -0.340. The molecule has 1 saturated heterocycles. The van der Waals surface area contributed by atoms with E-state index in [1.807, 2.05) is 0 Å². The van der Waals surface area contributed by atoms with Gasteiger partial charge in [0.05, 0.1) is 6.61 Å². The van der Waals surface area contributed by atoms with Gasteiger partial charge in [-0.1, -0.05) is 6.08 Å². The fourth-order valence-corrected chi connectivity index (χ4v) is 1.92. The highest BCUT2D eigenvalue weighted by Gasteiger charge is 2.16. The van der Waals surface area contributed by atoms with Crippen LogP contribution in [0.1, 0.15) is 38.5 Å². The minimum Gasteiger partial charge on any atom is -0.353 e. The second-order valence-electron chi connectivity index (χ2n) is 3.86. The number of hydrogen-bond donors (Lipinski definition) is 0. The molecule has 1 fully saturated rings. The SMILES string of the molecule is C1=C(CO[C@H]2CCCO2)CCCC1. The molecular weight excluding hydrogens is 164 g/mol. The summed E-state index contributed by atoms with van der Waals surface area (Å²) in [6, 6.07) is 0. The average molecular weight is 182 g/mol. The zero-order valence-electron chi connectivity index (χ0n) is 8.13. The fourth-order valence-electron chi connectivity index (χ4n) is 1.92. The Bertz CT molecular complexity index is 181. The Morgan fingerprint density at radius 3 is 3.08 bits per heavy atom. The van der Waals surface area contributed by atoms with Crippen molar-refractivity contribution in [3.05, 3.63) is 11.6 Å². The molecule has 2 nitrogen and oxygen atoms in total. The van der Waals surface area contributed by atoms with Crippen LogP contribution in [0.5, 0.6) is 0 Å². The summed E-state index contributed by atoms with van der Waals surface area (Å²) in [6.07, 6.45) is 9.80. The van der Waals surface area contributed by atoms with Crippen LogP contribution in [0.2, 0.25) is 0 Å². The van der Waals surface area contributed by atoms with Crippen molar-refractivity contribution in [1.29, 1.82) is 0 Å². The molecule has 0 aromatic rings. The van der Waals surface area contributed by atoms with E-state index in [2.05, 4.69) is 6.08 Å². The van der Waals surface area contributed by atoms with Crippen LogP contribution in [-0.2, 0) is 9.47 Å². The van der Waals surface area contributed by atoms with E-state index in [4.69, 9.17) is 9.47 Å². The van der Waals surface area contributed by atoms with E-state index in [-0.39, 0.29) is 6.29 Å². The Balaban J connectivity index is 1.68. The predicted octanol–water partition coefficient (Wildman–Crippen LogP) is 2.64. The van der Waals surface area contributed by atoms with Crippen molar-refractivity contribution in [1.82, 2.24) is 0 Å². The Kier molecular flexibility index (Phi) is 3.39. The maximum atomic E-state index is 5.65. The van der Waals surface area contributed by atoms with Crippen LogP contribution in [-0.4, -0.2) is 19.5 Å². The van der Waals surface area contributed by atoms with Crippen LogP contribution in [0.3, 0.4) is 0 Å². The molecule has 13 heavy (non-hydrogen) atoms. The lowest BCUT2D eigenvalue weighted by molar-refractivity contribution is -0.104. The van der Waals surface area contributed by atoms with Crippen LogP contribution in [0.25, 0.3) is 0 Å². The van der Waals surface area contributed by atoms with Crippen LogP contribution >= 0.6 is 0 Å². The molecule has 1 atom stereocenters. The highest BCUT2D eigenvalue weighted by Crippen LogP contribution is 2.20. The van der Waals surface area contributed by atoms with Crippen LogP contribution in [0.4, 0.5) is 0 Å². The molecule has 0 aromatic heterocycles. The molecule has 0 unspecified atom stereocenters. The number of rotatable bonds is 3. The van der Waals surface area contributed by atoms with Gasteiger partial charge >= 0.3 is 0 Å². The molecule has 1 aliphatic heterocycles. The van der Waals surface area contributed by atoms with E-state index in [1.165, 1.54) is 31.3 Å². The third kappa shape index (κ3) is 2.82. The fraction of sp³-hybridized carbons (Fsp3) is 0.818. The lowest BCUT2D eigenvalue weighted by atomic mass is 10.0. The summed E-state index contributed by atoms with van der Waals surface area (Å²) in [5, 5.41) is 0.